The van der Waals surface area contributed by atoms with Gasteiger partial charge in [0.25, 0.3) is 0 Å². The molecule has 4 heteroatoms. The quantitative estimate of drug-likeness (QED) is 0.855. The largest absolute Gasteiger partial charge is 0.352 e. The van der Waals surface area contributed by atoms with Crippen LogP contribution in [0.1, 0.15) is 35.6 Å². The van der Waals surface area contributed by atoms with E-state index in [1.165, 1.54) is 23.3 Å². The van der Waals surface area contributed by atoms with Crippen LogP contribution in [-0.2, 0) is 30.8 Å². The Kier molecular flexibility index (Phi) is 5.26. The van der Waals surface area contributed by atoms with E-state index in [1.54, 1.807) is 6.07 Å². The molecule has 126 valence electrons. The number of halogens is 1. The number of hydrogen-bond donors (Lipinski definition) is 2. The molecule has 1 heterocycles. The van der Waals surface area contributed by atoms with Crippen LogP contribution in [0.2, 0.25) is 0 Å². The van der Waals surface area contributed by atoms with Crippen LogP contribution in [0.15, 0.2) is 42.5 Å². The first-order chi connectivity index (χ1) is 11.6. The Morgan fingerprint density at radius 2 is 2.00 bits per heavy atom. The van der Waals surface area contributed by atoms with Crippen molar-refractivity contribution in [3.05, 3.63) is 70.5 Å². The average Bonchev–Trinajstić information content (AvgIpc) is 3.00. The van der Waals surface area contributed by atoms with Crippen LogP contribution >= 0.6 is 0 Å². The fourth-order valence-corrected chi connectivity index (χ4v) is 3.19. The van der Waals surface area contributed by atoms with Gasteiger partial charge in [-0.3, -0.25) is 4.79 Å². The predicted molar refractivity (Wildman–Crippen MR) is 92.7 cm³/mol. The van der Waals surface area contributed by atoms with Crippen LogP contribution in [-0.4, -0.2) is 5.91 Å². The molecule has 0 saturated carbocycles. The molecule has 1 aliphatic heterocycles. The molecular formula is C20H23FN2O. The number of rotatable bonds is 6. The smallest absolute Gasteiger partial charge is 0.220 e. The van der Waals surface area contributed by atoms with Gasteiger partial charge in [0.05, 0.1) is 0 Å². The molecule has 1 unspecified atom stereocenters. The maximum absolute atomic E-state index is 13.2. The van der Waals surface area contributed by atoms with Crippen molar-refractivity contribution in [1.29, 1.82) is 0 Å². The first-order valence-corrected chi connectivity index (χ1v) is 8.42. The zero-order chi connectivity index (χ0) is 16.9. The summed E-state index contributed by atoms with van der Waals surface area (Å²) in [6.07, 6.45) is 1.15. The van der Waals surface area contributed by atoms with Crippen molar-refractivity contribution < 1.29 is 9.18 Å². The molecule has 0 aliphatic carbocycles. The topological polar surface area (TPSA) is 41.1 Å². The lowest BCUT2D eigenvalue weighted by Crippen LogP contribution is -2.25. The number of carbonyl (C=O) groups excluding carboxylic acids is 1. The lowest BCUT2D eigenvalue weighted by molar-refractivity contribution is -0.122. The Labute approximate surface area is 142 Å². The summed E-state index contributed by atoms with van der Waals surface area (Å²) in [5.41, 5.74) is 4.72. The van der Waals surface area contributed by atoms with Crippen molar-refractivity contribution in [1.82, 2.24) is 10.6 Å². The summed E-state index contributed by atoms with van der Waals surface area (Å²) < 4.78 is 13.2. The second kappa shape index (κ2) is 7.58. The van der Waals surface area contributed by atoms with Crippen LogP contribution in [0.25, 0.3) is 0 Å². The van der Waals surface area contributed by atoms with Crippen molar-refractivity contribution in [3.8, 4) is 0 Å². The lowest BCUT2D eigenvalue weighted by Gasteiger charge is -2.12. The number of fused-ring (bicyclic) bond motifs is 1. The summed E-state index contributed by atoms with van der Waals surface area (Å²) in [6.45, 7) is 4.41. The molecule has 0 aromatic heterocycles. The van der Waals surface area contributed by atoms with Gasteiger partial charge in [-0.05, 0) is 46.7 Å². The summed E-state index contributed by atoms with van der Waals surface area (Å²) in [6, 6.07) is 12.9. The van der Waals surface area contributed by atoms with E-state index < -0.39 is 0 Å². The third kappa shape index (κ3) is 4.42. The standard InChI is InChI=1S/C20H23FN2O/c1-14(7-15-3-2-4-19(21)10-15)8-20(24)23-11-16-5-6-17-12-22-13-18(17)9-16/h2-6,9-10,14,22H,7-8,11-13H2,1H3,(H,23,24). The molecule has 1 amide bonds. The number of carbonyl (C=O) groups is 1. The van der Waals surface area contributed by atoms with E-state index in [4.69, 9.17) is 0 Å². The highest BCUT2D eigenvalue weighted by Gasteiger charge is 2.12. The molecule has 2 N–H and O–H groups in total. The summed E-state index contributed by atoms with van der Waals surface area (Å²) in [5.74, 6) is -0.0104. The third-order valence-corrected chi connectivity index (χ3v) is 4.40. The van der Waals surface area contributed by atoms with Crippen molar-refractivity contribution in [2.24, 2.45) is 5.92 Å². The fraction of sp³-hybridized carbons (Fsp3) is 0.350. The maximum atomic E-state index is 13.2. The SMILES string of the molecule is CC(CC(=O)NCc1ccc2c(c1)CNC2)Cc1cccc(F)c1. The Bertz CT molecular complexity index is 729. The van der Waals surface area contributed by atoms with Gasteiger partial charge in [-0.2, -0.15) is 0 Å². The summed E-state index contributed by atoms with van der Waals surface area (Å²) >= 11 is 0. The molecule has 1 aliphatic rings. The van der Waals surface area contributed by atoms with Gasteiger partial charge in [0.1, 0.15) is 5.82 Å². The Morgan fingerprint density at radius 1 is 1.17 bits per heavy atom. The highest BCUT2D eigenvalue weighted by molar-refractivity contribution is 5.76. The minimum absolute atomic E-state index is 0.0394. The highest BCUT2D eigenvalue weighted by Crippen LogP contribution is 2.17. The molecule has 2 aromatic carbocycles. The highest BCUT2D eigenvalue weighted by atomic mass is 19.1. The van der Waals surface area contributed by atoms with E-state index in [2.05, 4.69) is 28.8 Å². The molecule has 1 atom stereocenters. The number of hydrogen-bond acceptors (Lipinski definition) is 2. The maximum Gasteiger partial charge on any atom is 0.220 e. The molecule has 3 nitrogen and oxygen atoms in total. The Hall–Kier alpha value is -2.20. The van der Waals surface area contributed by atoms with Crippen molar-refractivity contribution in [2.75, 3.05) is 0 Å². The summed E-state index contributed by atoms with van der Waals surface area (Å²) in [7, 11) is 0. The molecule has 3 rings (SSSR count). The molecule has 0 saturated heterocycles. The monoisotopic (exact) mass is 326 g/mol. The normalized spacial score (nSPS) is 14.2. The summed E-state index contributed by atoms with van der Waals surface area (Å²) in [5, 5.41) is 6.30. The molecule has 0 radical (unpaired) electrons. The van der Waals surface area contributed by atoms with E-state index in [0.717, 1.165) is 24.2 Å². The second-order valence-corrected chi connectivity index (χ2v) is 6.63. The van der Waals surface area contributed by atoms with Gasteiger partial charge in [0.15, 0.2) is 0 Å². The van der Waals surface area contributed by atoms with Gasteiger partial charge in [0, 0.05) is 26.1 Å². The number of amides is 1. The van der Waals surface area contributed by atoms with E-state index in [0.29, 0.717) is 19.4 Å². The molecule has 2 aromatic rings. The van der Waals surface area contributed by atoms with Gasteiger partial charge >= 0.3 is 0 Å². The van der Waals surface area contributed by atoms with Gasteiger partial charge in [-0.25, -0.2) is 4.39 Å². The van der Waals surface area contributed by atoms with Gasteiger partial charge in [0.2, 0.25) is 5.91 Å². The predicted octanol–water partition coefficient (Wildman–Crippen LogP) is 3.31. The van der Waals surface area contributed by atoms with Gasteiger partial charge < -0.3 is 10.6 Å². The van der Waals surface area contributed by atoms with Crippen LogP contribution in [0.3, 0.4) is 0 Å². The van der Waals surface area contributed by atoms with E-state index >= 15 is 0 Å². The second-order valence-electron chi connectivity index (χ2n) is 6.63. The average molecular weight is 326 g/mol. The first-order valence-electron chi connectivity index (χ1n) is 8.42. The lowest BCUT2D eigenvalue weighted by atomic mass is 9.97. The molecular weight excluding hydrogens is 303 g/mol. The molecule has 0 spiro atoms. The Balaban J connectivity index is 1.47. The van der Waals surface area contributed by atoms with Gasteiger partial charge in [-0.15, -0.1) is 0 Å². The third-order valence-electron chi connectivity index (χ3n) is 4.40. The van der Waals surface area contributed by atoms with E-state index in [1.807, 2.05) is 13.0 Å². The zero-order valence-corrected chi connectivity index (χ0v) is 13.9. The van der Waals surface area contributed by atoms with Crippen LogP contribution < -0.4 is 10.6 Å². The molecule has 24 heavy (non-hydrogen) atoms. The Morgan fingerprint density at radius 3 is 2.83 bits per heavy atom. The summed E-state index contributed by atoms with van der Waals surface area (Å²) in [4.78, 5) is 12.1. The number of benzene rings is 2. The van der Waals surface area contributed by atoms with Crippen LogP contribution in [0.5, 0.6) is 0 Å². The zero-order valence-electron chi connectivity index (χ0n) is 13.9. The van der Waals surface area contributed by atoms with E-state index in [9.17, 15) is 9.18 Å². The van der Waals surface area contributed by atoms with Crippen molar-refractivity contribution >= 4 is 5.91 Å². The number of nitrogens with one attached hydrogen (secondary N) is 2. The van der Waals surface area contributed by atoms with E-state index in [-0.39, 0.29) is 17.6 Å². The van der Waals surface area contributed by atoms with Crippen LogP contribution in [0, 0.1) is 11.7 Å². The van der Waals surface area contributed by atoms with Crippen LogP contribution in [0.4, 0.5) is 4.39 Å². The fourth-order valence-electron chi connectivity index (χ4n) is 3.19. The molecule has 0 bridgehead atoms. The van der Waals surface area contributed by atoms with Crippen molar-refractivity contribution in [2.45, 2.75) is 39.4 Å². The minimum Gasteiger partial charge on any atom is -0.352 e. The van der Waals surface area contributed by atoms with Gasteiger partial charge in [-0.1, -0.05) is 37.3 Å². The first kappa shape index (κ1) is 16.7. The van der Waals surface area contributed by atoms with Crippen molar-refractivity contribution in [3.63, 3.8) is 0 Å². The molecule has 0 fully saturated rings. The minimum atomic E-state index is -0.227.